The Bertz CT molecular complexity index is 891. The molecule has 5 nitrogen and oxygen atoms in total. The number of aryl methyl sites for hydroxylation is 2. The number of nitrogens with zero attached hydrogens (tertiary/aromatic N) is 4. The van der Waals surface area contributed by atoms with Crippen molar-refractivity contribution in [2.24, 2.45) is 7.05 Å². The number of para-hydroxylation sites is 1. The van der Waals surface area contributed by atoms with E-state index in [0.29, 0.717) is 10.3 Å². The number of benzene rings is 1. The van der Waals surface area contributed by atoms with Gasteiger partial charge in [-0.15, -0.1) is 0 Å². The second kappa shape index (κ2) is 4.62. The summed E-state index contributed by atoms with van der Waals surface area (Å²) in [6, 6.07) is 7.78. The van der Waals surface area contributed by atoms with Gasteiger partial charge in [-0.2, -0.15) is 10.4 Å². The van der Waals surface area contributed by atoms with Gasteiger partial charge >= 0.3 is 0 Å². The van der Waals surface area contributed by atoms with Crippen molar-refractivity contribution in [1.29, 1.82) is 5.26 Å². The zero-order valence-corrected chi connectivity index (χ0v) is 12.0. The molecule has 0 amide bonds. The van der Waals surface area contributed by atoms with Gasteiger partial charge in [-0.1, -0.05) is 13.0 Å². The lowest BCUT2D eigenvalue weighted by Crippen LogP contribution is -1.96. The molecule has 0 aliphatic rings. The second-order valence-electron chi connectivity index (χ2n) is 4.57. The van der Waals surface area contributed by atoms with Crippen molar-refractivity contribution < 1.29 is 0 Å². The molecule has 0 saturated carbocycles. The molecule has 0 saturated heterocycles. The number of H-pyrrole nitrogens is 1. The Balaban J connectivity index is 2.40. The van der Waals surface area contributed by atoms with Crippen LogP contribution in [0.15, 0.2) is 24.4 Å². The quantitative estimate of drug-likeness (QED) is 0.736. The van der Waals surface area contributed by atoms with Gasteiger partial charge in [0.1, 0.15) is 6.07 Å². The van der Waals surface area contributed by atoms with Crippen molar-refractivity contribution in [3.63, 3.8) is 0 Å². The average Bonchev–Trinajstić information content (AvgIpc) is 2.96. The molecule has 0 fully saturated rings. The molecule has 0 unspecified atom stereocenters. The monoisotopic (exact) mass is 283 g/mol. The molecule has 1 N–H and O–H groups in total. The minimum atomic E-state index is 0.574. The molecule has 0 aliphatic heterocycles. The predicted molar refractivity (Wildman–Crippen MR) is 79.3 cm³/mol. The van der Waals surface area contributed by atoms with Gasteiger partial charge in [-0.05, 0) is 30.8 Å². The van der Waals surface area contributed by atoms with Gasteiger partial charge in [0, 0.05) is 13.2 Å². The summed E-state index contributed by atoms with van der Waals surface area (Å²) in [7, 11) is 1.89. The van der Waals surface area contributed by atoms with Crippen molar-refractivity contribution in [1.82, 2.24) is 19.3 Å². The Morgan fingerprint density at radius 2 is 2.25 bits per heavy atom. The fourth-order valence-electron chi connectivity index (χ4n) is 2.42. The van der Waals surface area contributed by atoms with Crippen LogP contribution in [-0.4, -0.2) is 19.3 Å². The Labute approximate surface area is 121 Å². The summed E-state index contributed by atoms with van der Waals surface area (Å²) >= 11 is 5.42. The molecule has 2 heterocycles. The predicted octanol–water partition coefficient (Wildman–Crippen LogP) is 2.86. The van der Waals surface area contributed by atoms with Crippen LogP contribution in [0.2, 0.25) is 0 Å². The molecule has 0 atom stereocenters. The molecular formula is C14H13N5S. The number of nitriles is 1. The van der Waals surface area contributed by atoms with Crippen LogP contribution in [-0.2, 0) is 13.5 Å². The third-order valence-corrected chi connectivity index (χ3v) is 3.58. The Hall–Kier alpha value is -2.39. The first kappa shape index (κ1) is 12.6. The Morgan fingerprint density at radius 3 is 2.95 bits per heavy atom. The average molecular weight is 283 g/mol. The van der Waals surface area contributed by atoms with Crippen LogP contribution in [0, 0.1) is 16.1 Å². The van der Waals surface area contributed by atoms with Crippen molar-refractivity contribution in [2.45, 2.75) is 13.3 Å². The second-order valence-corrected chi connectivity index (χ2v) is 4.95. The first-order chi connectivity index (χ1) is 9.65. The van der Waals surface area contributed by atoms with Gasteiger partial charge in [-0.3, -0.25) is 9.25 Å². The third-order valence-electron chi connectivity index (χ3n) is 3.30. The molecule has 0 spiro atoms. The van der Waals surface area contributed by atoms with Crippen LogP contribution >= 0.6 is 12.2 Å². The van der Waals surface area contributed by atoms with E-state index in [0.717, 1.165) is 28.8 Å². The largest absolute Gasteiger partial charge is 0.329 e. The summed E-state index contributed by atoms with van der Waals surface area (Å²) in [5.74, 6) is 0. The lowest BCUT2D eigenvalue weighted by atomic mass is 10.2. The summed E-state index contributed by atoms with van der Waals surface area (Å²) in [6.45, 7) is 2.06. The highest BCUT2D eigenvalue weighted by atomic mass is 32.1. The highest BCUT2D eigenvalue weighted by molar-refractivity contribution is 7.71. The first-order valence-electron chi connectivity index (χ1n) is 6.32. The molecule has 6 heteroatoms. The van der Waals surface area contributed by atoms with Crippen LogP contribution in [0.25, 0.3) is 16.7 Å². The minimum Gasteiger partial charge on any atom is -0.329 e. The fraction of sp³-hybridized carbons (Fsp3) is 0.214. The van der Waals surface area contributed by atoms with E-state index >= 15 is 0 Å². The van der Waals surface area contributed by atoms with Crippen LogP contribution in [0.5, 0.6) is 0 Å². The summed E-state index contributed by atoms with van der Waals surface area (Å²) < 4.78 is 4.30. The highest BCUT2D eigenvalue weighted by Gasteiger charge is 2.14. The number of hydrogen-bond acceptors (Lipinski definition) is 3. The molecule has 3 aromatic rings. The van der Waals surface area contributed by atoms with E-state index < -0.39 is 0 Å². The van der Waals surface area contributed by atoms with E-state index in [4.69, 9.17) is 12.2 Å². The van der Waals surface area contributed by atoms with Crippen LogP contribution in [0.3, 0.4) is 0 Å². The van der Waals surface area contributed by atoms with Gasteiger partial charge in [-0.25, -0.2) is 0 Å². The van der Waals surface area contributed by atoms with E-state index in [1.54, 1.807) is 10.7 Å². The Morgan fingerprint density at radius 1 is 1.45 bits per heavy atom. The smallest absolute Gasteiger partial charge is 0.182 e. The van der Waals surface area contributed by atoms with E-state index in [1.165, 1.54) is 0 Å². The van der Waals surface area contributed by atoms with E-state index in [2.05, 4.69) is 23.1 Å². The maximum absolute atomic E-state index is 9.18. The topological polar surface area (TPSA) is 62.3 Å². The molecule has 20 heavy (non-hydrogen) atoms. The molecule has 3 rings (SSSR count). The minimum absolute atomic E-state index is 0.574. The molecule has 0 bridgehead atoms. The molecular weight excluding hydrogens is 270 g/mol. The van der Waals surface area contributed by atoms with E-state index in [1.807, 2.05) is 29.9 Å². The van der Waals surface area contributed by atoms with Gasteiger partial charge in [0.15, 0.2) is 4.77 Å². The summed E-state index contributed by atoms with van der Waals surface area (Å²) in [6.07, 6.45) is 2.77. The molecule has 100 valence electrons. The van der Waals surface area contributed by atoms with Crippen molar-refractivity contribution in [2.75, 3.05) is 0 Å². The Kier molecular flexibility index (Phi) is 2.92. The number of nitrogens with one attached hydrogen (secondary N) is 1. The molecule has 0 radical (unpaired) electrons. The molecule has 2 aromatic heterocycles. The lowest BCUT2D eigenvalue weighted by Gasteiger charge is -2.03. The van der Waals surface area contributed by atoms with Gasteiger partial charge in [0.2, 0.25) is 0 Å². The van der Waals surface area contributed by atoms with Gasteiger partial charge in [0.05, 0.1) is 28.0 Å². The fourth-order valence-corrected chi connectivity index (χ4v) is 2.72. The normalized spacial score (nSPS) is 10.8. The van der Waals surface area contributed by atoms with Gasteiger partial charge in [0.25, 0.3) is 0 Å². The standard InChI is InChI=1S/C14H13N5S/c1-3-10-12(8-18(2)17-10)19-11-6-4-5-9(7-15)13(11)16-14(19)20/h4-6,8H,3H2,1-2H3,(H,16,20). The van der Waals surface area contributed by atoms with Crippen LogP contribution in [0.1, 0.15) is 18.2 Å². The number of fused-ring (bicyclic) bond motifs is 1. The van der Waals surface area contributed by atoms with Crippen molar-refractivity contribution in [3.8, 4) is 11.8 Å². The van der Waals surface area contributed by atoms with E-state index in [-0.39, 0.29) is 0 Å². The summed E-state index contributed by atoms with van der Waals surface area (Å²) in [4.78, 5) is 3.12. The number of aromatic amines is 1. The summed E-state index contributed by atoms with van der Waals surface area (Å²) in [5, 5.41) is 13.6. The maximum Gasteiger partial charge on any atom is 0.182 e. The third kappa shape index (κ3) is 1.75. The zero-order valence-electron chi connectivity index (χ0n) is 11.2. The van der Waals surface area contributed by atoms with E-state index in [9.17, 15) is 5.26 Å². The lowest BCUT2D eigenvalue weighted by molar-refractivity contribution is 0.746. The number of rotatable bonds is 2. The number of aromatic nitrogens is 4. The molecule has 1 aromatic carbocycles. The highest BCUT2D eigenvalue weighted by Crippen LogP contribution is 2.24. The number of hydrogen-bond donors (Lipinski definition) is 1. The summed E-state index contributed by atoms with van der Waals surface area (Å²) in [5.41, 5.74) is 4.20. The zero-order chi connectivity index (χ0) is 14.3. The van der Waals surface area contributed by atoms with Crippen molar-refractivity contribution in [3.05, 3.63) is 40.4 Å². The molecule has 0 aliphatic carbocycles. The number of imidazole rings is 1. The van der Waals surface area contributed by atoms with Crippen LogP contribution < -0.4 is 0 Å². The maximum atomic E-state index is 9.18. The van der Waals surface area contributed by atoms with Gasteiger partial charge < -0.3 is 4.98 Å². The van der Waals surface area contributed by atoms with Crippen LogP contribution in [0.4, 0.5) is 0 Å². The SMILES string of the molecule is CCc1nn(C)cc1-n1c(=S)[nH]c2c(C#N)cccc21. The first-order valence-corrected chi connectivity index (χ1v) is 6.73. The van der Waals surface area contributed by atoms with Crippen molar-refractivity contribution >= 4 is 23.3 Å².